The van der Waals surface area contributed by atoms with Crippen molar-refractivity contribution >= 4 is 19.9 Å². The number of sulfonamides is 1. The van der Waals surface area contributed by atoms with Gasteiger partial charge in [-0.2, -0.15) is 0 Å². The first-order valence-corrected chi connectivity index (χ1v) is 7.49. The lowest BCUT2D eigenvalue weighted by Crippen LogP contribution is -2.42. The summed E-state index contributed by atoms with van der Waals surface area (Å²) in [5, 5.41) is 0.482. The van der Waals surface area contributed by atoms with Crippen LogP contribution >= 0.6 is 0 Å². The second-order valence-corrected chi connectivity index (χ2v) is 7.72. The number of sulfone groups is 1. The van der Waals surface area contributed by atoms with Crippen molar-refractivity contribution in [1.82, 2.24) is 9.84 Å². The molecule has 1 fully saturated rings. The van der Waals surface area contributed by atoms with E-state index in [1.54, 1.807) is 14.1 Å². The van der Waals surface area contributed by atoms with Gasteiger partial charge in [0, 0.05) is 14.1 Å². The average molecular weight is 242 g/mol. The normalized spacial score (nSPS) is 26.9. The van der Waals surface area contributed by atoms with Crippen LogP contribution in [0.15, 0.2) is 0 Å². The van der Waals surface area contributed by atoms with Crippen molar-refractivity contribution in [3.05, 3.63) is 0 Å². The number of hydrazine groups is 1. The van der Waals surface area contributed by atoms with Gasteiger partial charge in [-0.1, -0.05) is 0 Å². The van der Waals surface area contributed by atoms with Gasteiger partial charge in [0.15, 0.2) is 9.84 Å². The highest BCUT2D eigenvalue weighted by atomic mass is 32.2. The van der Waals surface area contributed by atoms with Crippen LogP contribution in [0.5, 0.6) is 0 Å². The minimum atomic E-state index is -3.53. The maximum Gasteiger partial charge on any atom is 0.228 e. The Morgan fingerprint density at radius 2 is 1.93 bits per heavy atom. The van der Waals surface area contributed by atoms with Crippen molar-refractivity contribution in [1.29, 1.82) is 0 Å². The van der Waals surface area contributed by atoms with Crippen molar-refractivity contribution < 1.29 is 16.8 Å². The summed E-state index contributed by atoms with van der Waals surface area (Å²) in [6.07, 6.45) is 0.186. The average Bonchev–Trinajstić information content (AvgIpc) is 2.27. The van der Waals surface area contributed by atoms with E-state index in [2.05, 4.69) is 4.83 Å². The summed E-state index contributed by atoms with van der Waals surface area (Å²) in [6.45, 7) is 0. The molecular formula is C6H14N2O4S2. The Kier molecular flexibility index (Phi) is 3.20. The van der Waals surface area contributed by atoms with Crippen molar-refractivity contribution in [2.24, 2.45) is 0 Å². The van der Waals surface area contributed by atoms with Gasteiger partial charge < -0.3 is 0 Å². The van der Waals surface area contributed by atoms with E-state index in [1.165, 1.54) is 5.01 Å². The fraction of sp³-hybridized carbons (Fsp3) is 1.00. The second kappa shape index (κ2) is 3.76. The first kappa shape index (κ1) is 11.9. The molecule has 0 aromatic heterocycles. The zero-order valence-corrected chi connectivity index (χ0v) is 9.73. The lowest BCUT2D eigenvalue weighted by atomic mass is 10.4. The molecule has 1 N–H and O–H groups in total. The third-order valence-corrected chi connectivity index (χ3v) is 5.82. The highest BCUT2D eigenvalue weighted by Crippen LogP contribution is 2.17. The third-order valence-electron chi connectivity index (χ3n) is 1.94. The van der Waals surface area contributed by atoms with Gasteiger partial charge in [0.05, 0.1) is 16.8 Å². The van der Waals surface area contributed by atoms with E-state index in [4.69, 9.17) is 0 Å². The summed E-state index contributed by atoms with van der Waals surface area (Å²) in [5.74, 6) is -0.303. The van der Waals surface area contributed by atoms with Gasteiger partial charge in [0.25, 0.3) is 0 Å². The molecule has 14 heavy (non-hydrogen) atoms. The second-order valence-electron chi connectivity index (χ2n) is 3.56. The molecule has 1 saturated heterocycles. The molecule has 0 radical (unpaired) electrons. The Hall–Kier alpha value is -0.180. The molecule has 0 aliphatic carbocycles. The molecule has 84 valence electrons. The van der Waals surface area contributed by atoms with Gasteiger partial charge in [-0.25, -0.2) is 21.8 Å². The molecule has 1 rings (SSSR count). The largest absolute Gasteiger partial charge is 0.237 e. The predicted octanol–water partition coefficient (Wildman–Crippen LogP) is -1.43. The van der Waals surface area contributed by atoms with Crippen LogP contribution in [-0.2, 0) is 19.9 Å². The van der Waals surface area contributed by atoms with E-state index in [1.807, 2.05) is 0 Å². The van der Waals surface area contributed by atoms with Crippen LogP contribution in [0.1, 0.15) is 6.42 Å². The van der Waals surface area contributed by atoms with E-state index in [-0.39, 0.29) is 17.9 Å². The zero-order chi connectivity index (χ0) is 11.0. The molecule has 0 spiro atoms. The highest BCUT2D eigenvalue weighted by molar-refractivity contribution is 7.95. The highest BCUT2D eigenvalue weighted by Gasteiger charge is 2.37. The quantitative estimate of drug-likeness (QED) is 0.613. The third kappa shape index (κ3) is 2.91. The molecule has 0 aromatic rings. The summed E-state index contributed by atoms with van der Waals surface area (Å²) in [6, 6.07) is 0. The number of hydrogen-bond donors (Lipinski definition) is 1. The van der Waals surface area contributed by atoms with Crippen LogP contribution in [0, 0.1) is 0 Å². The number of nitrogens with one attached hydrogen (secondary N) is 1. The van der Waals surface area contributed by atoms with E-state index in [0.29, 0.717) is 0 Å². The van der Waals surface area contributed by atoms with Gasteiger partial charge in [-0.15, -0.1) is 4.83 Å². The fourth-order valence-corrected chi connectivity index (χ4v) is 5.45. The molecule has 0 bridgehead atoms. The lowest BCUT2D eigenvalue weighted by molar-refractivity contribution is 0.361. The van der Waals surface area contributed by atoms with E-state index in [0.717, 1.165) is 0 Å². The minimum Gasteiger partial charge on any atom is -0.237 e. The summed E-state index contributed by atoms with van der Waals surface area (Å²) in [7, 11) is -3.60. The Balaban J connectivity index is 2.77. The lowest BCUT2D eigenvalue weighted by Gasteiger charge is -2.15. The molecule has 1 atom stereocenters. The monoisotopic (exact) mass is 242 g/mol. The SMILES string of the molecule is CN(C)NS(=O)(=O)C1CCS(=O)(=O)C1. The smallest absolute Gasteiger partial charge is 0.228 e. The van der Waals surface area contributed by atoms with E-state index < -0.39 is 25.1 Å². The maximum absolute atomic E-state index is 11.5. The van der Waals surface area contributed by atoms with Crippen LogP contribution in [-0.4, -0.2) is 52.7 Å². The van der Waals surface area contributed by atoms with Gasteiger partial charge in [-0.05, 0) is 6.42 Å². The van der Waals surface area contributed by atoms with Crippen LogP contribution in [0.2, 0.25) is 0 Å². The minimum absolute atomic E-state index is 0.0357. The van der Waals surface area contributed by atoms with Gasteiger partial charge in [0.1, 0.15) is 0 Å². The van der Waals surface area contributed by atoms with Gasteiger partial charge >= 0.3 is 0 Å². The fourth-order valence-electron chi connectivity index (χ4n) is 1.33. The number of rotatable bonds is 3. The molecule has 8 heteroatoms. The maximum atomic E-state index is 11.5. The summed E-state index contributed by atoms with van der Waals surface area (Å²) in [5.41, 5.74) is 0. The van der Waals surface area contributed by atoms with E-state index >= 15 is 0 Å². The van der Waals surface area contributed by atoms with Crippen LogP contribution < -0.4 is 4.83 Å². The zero-order valence-electron chi connectivity index (χ0n) is 8.10. The Bertz CT molecular complexity index is 398. The van der Waals surface area contributed by atoms with Crippen LogP contribution in [0.25, 0.3) is 0 Å². The van der Waals surface area contributed by atoms with Crippen molar-refractivity contribution in [2.45, 2.75) is 11.7 Å². The first-order chi connectivity index (χ1) is 6.23. The summed E-state index contributed by atoms with van der Waals surface area (Å²) in [4.78, 5) is 2.24. The molecule has 0 saturated carbocycles. The topological polar surface area (TPSA) is 83.6 Å². The molecule has 1 unspecified atom stereocenters. The molecule has 0 amide bonds. The molecular weight excluding hydrogens is 228 g/mol. The first-order valence-electron chi connectivity index (χ1n) is 4.12. The van der Waals surface area contributed by atoms with Crippen molar-refractivity contribution in [3.8, 4) is 0 Å². The van der Waals surface area contributed by atoms with Crippen LogP contribution in [0.3, 0.4) is 0 Å². The molecule has 0 aromatic carbocycles. The van der Waals surface area contributed by atoms with E-state index in [9.17, 15) is 16.8 Å². The summed E-state index contributed by atoms with van der Waals surface area (Å²) < 4.78 is 45.2. The number of hydrogen-bond acceptors (Lipinski definition) is 5. The Labute approximate surface area is 84.2 Å². The molecule has 1 aliphatic rings. The standard InChI is InChI=1S/C6H14N2O4S2/c1-8(2)7-14(11,12)6-3-4-13(9,10)5-6/h6-7H,3-5H2,1-2H3. The predicted molar refractivity (Wildman–Crippen MR) is 52.8 cm³/mol. The Morgan fingerprint density at radius 1 is 1.36 bits per heavy atom. The van der Waals surface area contributed by atoms with Crippen LogP contribution in [0.4, 0.5) is 0 Å². The molecule has 1 aliphatic heterocycles. The van der Waals surface area contributed by atoms with Gasteiger partial charge in [0.2, 0.25) is 10.0 Å². The summed E-state index contributed by atoms with van der Waals surface area (Å²) >= 11 is 0. The molecule has 1 heterocycles. The number of nitrogens with zero attached hydrogens (tertiary/aromatic N) is 1. The van der Waals surface area contributed by atoms with Crippen molar-refractivity contribution in [2.75, 3.05) is 25.6 Å². The van der Waals surface area contributed by atoms with Gasteiger partial charge in [-0.3, -0.25) is 0 Å². The molecule has 6 nitrogen and oxygen atoms in total. The van der Waals surface area contributed by atoms with Crippen molar-refractivity contribution in [3.63, 3.8) is 0 Å². The Morgan fingerprint density at radius 3 is 2.29 bits per heavy atom.